The minimum Gasteiger partial charge on any atom is -0.409 e. The predicted molar refractivity (Wildman–Crippen MR) is 107 cm³/mol. The first-order valence-corrected chi connectivity index (χ1v) is 9.75. The SMILES string of the molecule is CC1CCC(Cn2cnc3nc(C(N)=NO)nc(-c4cc(Cl)ccn4)c32)CC1. The molecule has 3 aromatic heterocycles. The molecule has 4 rings (SSSR count). The molecule has 1 saturated carbocycles. The fourth-order valence-corrected chi connectivity index (χ4v) is 3.94. The van der Waals surface area contributed by atoms with E-state index in [-0.39, 0.29) is 11.7 Å². The molecule has 0 unspecified atom stereocenters. The van der Waals surface area contributed by atoms with Gasteiger partial charge < -0.3 is 15.5 Å². The number of nitrogens with zero attached hydrogens (tertiary/aromatic N) is 6. The van der Waals surface area contributed by atoms with Crippen molar-refractivity contribution in [2.75, 3.05) is 0 Å². The largest absolute Gasteiger partial charge is 0.409 e. The highest BCUT2D eigenvalue weighted by molar-refractivity contribution is 6.30. The second-order valence-corrected chi connectivity index (χ2v) is 7.87. The van der Waals surface area contributed by atoms with Crippen LogP contribution in [0.5, 0.6) is 0 Å². The van der Waals surface area contributed by atoms with E-state index in [1.54, 1.807) is 24.7 Å². The van der Waals surface area contributed by atoms with E-state index in [9.17, 15) is 0 Å². The third kappa shape index (κ3) is 3.64. The second kappa shape index (κ2) is 7.71. The molecule has 0 saturated heterocycles. The van der Waals surface area contributed by atoms with Crippen LogP contribution in [-0.4, -0.2) is 35.5 Å². The zero-order chi connectivity index (χ0) is 19.7. The lowest BCUT2D eigenvalue weighted by molar-refractivity contribution is 0.266. The van der Waals surface area contributed by atoms with Gasteiger partial charge in [0.05, 0.1) is 12.0 Å². The average molecular weight is 400 g/mol. The van der Waals surface area contributed by atoms with Crippen molar-refractivity contribution in [2.24, 2.45) is 22.7 Å². The molecular formula is C19H22ClN7O. The molecule has 1 aliphatic rings. The van der Waals surface area contributed by atoms with Gasteiger partial charge >= 0.3 is 0 Å². The molecule has 8 nitrogen and oxygen atoms in total. The maximum atomic E-state index is 9.03. The van der Waals surface area contributed by atoms with Gasteiger partial charge in [-0.3, -0.25) is 4.98 Å². The Morgan fingerprint density at radius 1 is 1.29 bits per heavy atom. The van der Waals surface area contributed by atoms with Crippen molar-refractivity contribution < 1.29 is 5.21 Å². The number of aromatic nitrogens is 5. The third-order valence-electron chi connectivity index (χ3n) is 5.36. The van der Waals surface area contributed by atoms with Gasteiger partial charge in [0.25, 0.3) is 0 Å². The Bertz CT molecular complexity index is 1020. The predicted octanol–water partition coefficient (Wildman–Crippen LogP) is 3.46. The van der Waals surface area contributed by atoms with Gasteiger partial charge in [-0.05, 0) is 36.8 Å². The van der Waals surface area contributed by atoms with Crippen LogP contribution in [-0.2, 0) is 6.54 Å². The Hall–Kier alpha value is -2.74. The van der Waals surface area contributed by atoms with E-state index in [0.29, 0.717) is 28.0 Å². The molecule has 1 fully saturated rings. The molecule has 3 N–H and O–H groups in total. The minimum absolute atomic E-state index is 0.100. The fraction of sp³-hybridized carbons (Fsp3) is 0.421. The molecule has 0 amide bonds. The molecule has 0 atom stereocenters. The monoisotopic (exact) mass is 399 g/mol. The fourth-order valence-electron chi connectivity index (χ4n) is 3.78. The summed E-state index contributed by atoms with van der Waals surface area (Å²) in [5.74, 6) is 1.32. The summed E-state index contributed by atoms with van der Waals surface area (Å²) in [7, 11) is 0. The van der Waals surface area contributed by atoms with Gasteiger partial charge in [0, 0.05) is 17.8 Å². The van der Waals surface area contributed by atoms with Crippen molar-refractivity contribution in [3.63, 3.8) is 0 Å². The second-order valence-electron chi connectivity index (χ2n) is 7.44. The van der Waals surface area contributed by atoms with Gasteiger partial charge in [-0.1, -0.05) is 36.5 Å². The van der Waals surface area contributed by atoms with E-state index >= 15 is 0 Å². The van der Waals surface area contributed by atoms with E-state index in [2.05, 4.69) is 36.6 Å². The normalized spacial score (nSPS) is 20.6. The van der Waals surface area contributed by atoms with Crippen LogP contribution in [0.4, 0.5) is 0 Å². The summed E-state index contributed by atoms with van der Waals surface area (Å²) in [6, 6.07) is 3.44. The number of fused-ring (bicyclic) bond motifs is 1. The van der Waals surface area contributed by atoms with E-state index in [4.69, 9.17) is 22.5 Å². The van der Waals surface area contributed by atoms with Crippen molar-refractivity contribution >= 4 is 28.6 Å². The summed E-state index contributed by atoms with van der Waals surface area (Å²) in [4.78, 5) is 17.7. The Morgan fingerprint density at radius 3 is 2.79 bits per heavy atom. The van der Waals surface area contributed by atoms with Crippen LogP contribution in [0.15, 0.2) is 29.8 Å². The number of nitrogens with two attached hydrogens (primary N) is 1. The van der Waals surface area contributed by atoms with Crippen LogP contribution >= 0.6 is 11.6 Å². The molecule has 9 heteroatoms. The quantitative estimate of drug-likeness (QED) is 0.300. The lowest BCUT2D eigenvalue weighted by Crippen LogP contribution is -2.19. The van der Waals surface area contributed by atoms with Crippen LogP contribution in [0.25, 0.3) is 22.6 Å². The summed E-state index contributed by atoms with van der Waals surface area (Å²) in [6.45, 7) is 3.16. The van der Waals surface area contributed by atoms with Crippen molar-refractivity contribution in [3.8, 4) is 11.4 Å². The molecule has 28 heavy (non-hydrogen) atoms. The number of oxime groups is 1. The molecule has 0 spiro atoms. The lowest BCUT2D eigenvalue weighted by Gasteiger charge is -2.26. The Balaban J connectivity index is 1.82. The zero-order valence-corrected chi connectivity index (χ0v) is 16.3. The van der Waals surface area contributed by atoms with Gasteiger partial charge in [-0.25, -0.2) is 15.0 Å². The smallest absolute Gasteiger partial charge is 0.208 e. The van der Waals surface area contributed by atoms with Crippen LogP contribution in [0, 0.1) is 11.8 Å². The van der Waals surface area contributed by atoms with Gasteiger partial charge in [-0.2, -0.15) is 0 Å². The summed E-state index contributed by atoms with van der Waals surface area (Å²) < 4.78 is 2.09. The summed E-state index contributed by atoms with van der Waals surface area (Å²) >= 11 is 6.16. The highest BCUT2D eigenvalue weighted by Crippen LogP contribution is 2.32. The van der Waals surface area contributed by atoms with Crippen LogP contribution in [0.1, 0.15) is 38.4 Å². The van der Waals surface area contributed by atoms with Crippen molar-refractivity contribution in [1.82, 2.24) is 24.5 Å². The molecule has 0 bridgehead atoms. The maximum Gasteiger partial charge on any atom is 0.208 e. The number of pyridine rings is 1. The number of hydrogen-bond donors (Lipinski definition) is 2. The highest BCUT2D eigenvalue weighted by atomic mass is 35.5. The Labute approximate surface area is 167 Å². The molecule has 3 aromatic rings. The Kier molecular flexibility index (Phi) is 5.13. The average Bonchev–Trinajstić information content (AvgIpc) is 3.11. The lowest BCUT2D eigenvalue weighted by atomic mass is 9.83. The molecule has 1 aliphatic carbocycles. The zero-order valence-electron chi connectivity index (χ0n) is 15.6. The molecular weight excluding hydrogens is 378 g/mol. The van der Waals surface area contributed by atoms with Crippen molar-refractivity contribution in [1.29, 1.82) is 0 Å². The number of hydrogen-bond acceptors (Lipinski definition) is 6. The molecule has 0 aliphatic heterocycles. The number of halogens is 1. The first kappa shape index (κ1) is 18.6. The molecule has 146 valence electrons. The molecule has 3 heterocycles. The highest BCUT2D eigenvalue weighted by Gasteiger charge is 2.22. The van der Waals surface area contributed by atoms with Crippen LogP contribution in [0.3, 0.4) is 0 Å². The van der Waals surface area contributed by atoms with Crippen molar-refractivity contribution in [3.05, 3.63) is 35.5 Å². The van der Waals surface area contributed by atoms with E-state index in [1.807, 2.05) is 0 Å². The number of rotatable bonds is 4. The molecule has 0 aromatic carbocycles. The molecule has 0 radical (unpaired) electrons. The maximum absolute atomic E-state index is 9.03. The van der Waals surface area contributed by atoms with E-state index in [0.717, 1.165) is 18.0 Å². The Morgan fingerprint density at radius 2 is 2.07 bits per heavy atom. The summed E-state index contributed by atoms with van der Waals surface area (Å²) in [5, 5.41) is 12.6. The van der Waals surface area contributed by atoms with Gasteiger partial charge in [0.15, 0.2) is 5.65 Å². The topological polar surface area (TPSA) is 115 Å². The van der Waals surface area contributed by atoms with E-state index in [1.165, 1.54) is 25.7 Å². The summed E-state index contributed by atoms with van der Waals surface area (Å²) in [6.07, 6.45) is 8.32. The first-order chi connectivity index (χ1) is 13.5. The summed E-state index contributed by atoms with van der Waals surface area (Å²) in [5.41, 5.74) is 8.14. The van der Waals surface area contributed by atoms with E-state index < -0.39 is 0 Å². The third-order valence-corrected chi connectivity index (χ3v) is 5.60. The van der Waals surface area contributed by atoms with Gasteiger partial charge in [0.2, 0.25) is 11.7 Å². The van der Waals surface area contributed by atoms with Gasteiger partial charge in [-0.15, -0.1) is 0 Å². The van der Waals surface area contributed by atoms with Crippen molar-refractivity contribution in [2.45, 2.75) is 39.2 Å². The first-order valence-electron chi connectivity index (χ1n) is 9.38. The van der Waals surface area contributed by atoms with Crippen LogP contribution in [0.2, 0.25) is 5.02 Å². The standard InChI is InChI=1S/C19H22ClN7O/c1-11-2-4-12(5-3-11)9-27-10-23-18-16(27)15(14-8-13(20)6-7-22-14)24-19(25-18)17(21)26-28/h6-8,10-12,28H,2-5,9H2,1H3,(H2,21,26). The minimum atomic E-state index is -0.180. The number of amidine groups is 1. The van der Waals surface area contributed by atoms with Crippen LogP contribution < -0.4 is 5.73 Å². The van der Waals surface area contributed by atoms with Gasteiger partial charge in [0.1, 0.15) is 11.2 Å². The number of imidazole rings is 1.